The molecule has 2 nitrogen and oxygen atoms in total. The van der Waals surface area contributed by atoms with Gasteiger partial charge in [-0.1, -0.05) is 25.3 Å². The topological polar surface area (TPSA) is 28.7 Å². The SMILES string of the molecule is C=c1ccccc(=C)[nH]cn1. The molecular weight excluding hydrogens is 136 g/mol. The first-order valence-corrected chi connectivity index (χ1v) is 3.30. The van der Waals surface area contributed by atoms with Crippen molar-refractivity contribution >= 4 is 13.2 Å². The maximum atomic E-state index is 3.98. The molecule has 0 aliphatic heterocycles. The predicted molar refractivity (Wildman–Crippen MR) is 46.5 cm³/mol. The lowest BCUT2D eigenvalue weighted by Crippen LogP contribution is -2.01. The maximum absolute atomic E-state index is 3.98. The fourth-order valence-corrected chi connectivity index (χ4v) is 0.628. The molecule has 11 heavy (non-hydrogen) atoms. The van der Waals surface area contributed by atoms with Gasteiger partial charge in [-0.25, -0.2) is 4.98 Å². The van der Waals surface area contributed by atoms with Crippen molar-refractivity contribution in [2.45, 2.75) is 0 Å². The predicted octanol–water partition coefficient (Wildman–Crippen LogP) is 0.355. The summed E-state index contributed by atoms with van der Waals surface area (Å²) < 4.78 is 0. The standard InChI is InChI=1S/C9H10N2/c1-8-5-3-4-6-9(2)11-7-10-8/h3-7H,1-2H2,(H,10,11). The summed E-state index contributed by atoms with van der Waals surface area (Å²) in [6.07, 6.45) is 1.57. The van der Waals surface area contributed by atoms with Crippen LogP contribution in [0.5, 0.6) is 0 Å². The largest absolute Gasteiger partial charge is 0.347 e. The molecule has 0 radical (unpaired) electrons. The van der Waals surface area contributed by atoms with E-state index < -0.39 is 0 Å². The zero-order chi connectivity index (χ0) is 8.10. The Kier molecular flexibility index (Phi) is 2.44. The van der Waals surface area contributed by atoms with Gasteiger partial charge in [0.1, 0.15) is 0 Å². The second-order valence-corrected chi connectivity index (χ2v) is 2.14. The molecule has 0 saturated heterocycles. The molecule has 0 bridgehead atoms. The molecule has 1 rings (SSSR count). The average Bonchev–Trinajstić information content (AvgIpc) is 2.04. The van der Waals surface area contributed by atoms with Gasteiger partial charge in [-0.15, -0.1) is 0 Å². The lowest BCUT2D eigenvalue weighted by atomic mass is 10.5. The van der Waals surface area contributed by atoms with E-state index in [0.717, 1.165) is 10.7 Å². The Morgan fingerprint density at radius 3 is 2.73 bits per heavy atom. The van der Waals surface area contributed by atoms with Gasteiger partial charge in [-0.3, -0.25) is 0 Å². The van der Waals surface area contributed by atoms with Gasteiger partial charge in [0, 0.05) is 5.35 Å². The molecule has 0 spiro atoms. The van der Waals surface area contributed by atoms with Crippen molar-refractivity contribution < 1.29 is 0 Å². The highest BCUT2D eigenvalue weighted by Gasteiger charge is 1.66. The number of nitrogens with zero attached hydrogens (tertiary/aromatic N) is 1. The maximum Gasteiger partial charge on any atom is 0.0929 e. The van der Waals surface area contributed by atoms with Crippen molar-refractivity contribution in [3.63, 3.8) is 0 Å². The van der Waals surface area contributed by atoms with E-state index in [2.05, 4.69) is 23.1 Å². The summed E-state index contributed by atoms with van der Waals surface area (Å²) in [6, 6.07) is 7.45. The first-order chi connectivity index (χ1) is 5.29. The molecule has 1 N–H and O–H groups in total. The summed E-state index contributed by atoms with van der Waals surface area (Å²) in [5.74, 6) is 0. The summed E-state index contributed by atoms with van der Waals surface area (Å²) in [5, 5.41) is 1.53. The molecular formula is C9H10N2. The van der Waals surface area contributed by atoms with E-state index in [9.17, 15) is 0 Å². The second-order valence-electron chi connectivity index (χ2n) is 2.14. The summed E-state index contributed by atoms with van der Waals surface area (Å²) in [6.45, 7) is 7.42. The van der Waals surface area contributed by atoms with E-state index in [1.807, 2.05) is 24.3 Å². The first kappa shape index (κ1) is 7.54. The van der Waals surface area contributed by atoms with Crippen LogP contribution >= 0.6 is 0 Å². The zero-order valence-corrected chi connectivity index (χ0v) is 6.25. The number of aromatic amines is 1. The highest BCUT2D eigenvalue weighted by atomic mass is 14.8. The van der Waals surface area contributed by atoms with Crippen LogP contribution < -0.4 is 10.7 Å². The van der Waals surface area contributed by atoms with E-state index in [1.165, 1.54) is 0 Å². The first-order valence-electron chi connectivity index (χ1n) is 3.30. The third-order valence-corrected chi connectivity index (χ3v) is 1.18. The molecule has 2 heteroatoms. The summed E-state index contributed by atoms with van der Waals surface area (Å²) in [4.78, 5) is 6.86. The third kappa shape index (κ3) is 2.67. The Labute approximate surface area is 65.3 Å². The average molecular weight is 146 g/mol. The van der Waals surface area contributed by atoms with Gasteiger partial charge in [-0.05, 0) is 12.1 Å². The van der Waals surface area contributed by atoms with Crippen LogP contribution in [0.3, 0.4) is 0 Å². The van der Waals surface area contributed by atoms with Crippen molar-refractivity contribution in [3.8, 4) is 0 Å². The van der Waals surface area contributed by atoms with Crippen molar-refractivity contribution in [3.05, 3.63) is 41.3 Å². The van der Waals surface area contributed by atoms with Crippen LogP contribution in [0.15, 0.2) is 30.6 Å². The fourth-order valence-electron chi connectivity index (χ4n) is 0.628. The van der Waals surface area contributed by atoms with Gasteiger partial charge in [0.25, 0.3) is 0 Å². The molecule has 0 unspecified atom stereocenters. The normalized spacial score (nSPS) is 8.73. The van der Waals surface area contributed by atoms with Crippen LogP contribution in [0.25, 0.3) is 13.2 Å². The molecule has 0 atom stereocenters. The molecule has 0 aliphatic rings. The minimum Gasteiger partial charge on any atom is -0.347 e. The van der Waals surface area contributed by atoms with Crippen molar-refractivity contribution in [2.24, 2.45) is 0 Å². The Balaban J connectivity index is 3.44. The van der Waals surface area contributed by atoms with Gasteiger partial charge in [0.05, 0.1) is 11.7 Å². The Morgan fingerprint density at radius 2 is 1.91 bits per heavy atom. The van der Waals surface area contributed by atoms with E-state index in [4.69, 9.17) is 0 Å². The zero-order valence-electron chi connectivity index (χ0n) is 6.25. The second kappa shape index (κ2) is 3.56. The van der Waals surface area contributed by atoms with Gasteiger partial charge >= 0.3 is 0 Å². The van der Waals surface area contributed by atoms with Gasteiger partial charge in [-0.2, -0.15) is 0 Å². The summed E-state index contributed by atoms with van der Waals surface area (Å²) >= 11 is 0. The van der Waals surface area contributed by atoms with Crippen LogP contribution in [-0.4, -0.2) is 9.97 Å². The van der Waals surface area contributed by atoms with Crippen LogP contribution in [0.4, 0.5) is 0 Å². The molecule has 0 aliphatic carbocycles. The van der Waals surface area contributed by atoms with Gasteiger partial charge in [0.2, 0.25) is 0 Å². The van der Waals surface area contributed by atoms with Crippen LogP contribution in [0.2, 0.25) is 0 Å². The van der Waals surface area contributed by atoms with E-state index in [1.54, 1.807) is 6.33 Å². The molecule has 0 aromatic carbocycles. The number of aromatic nitrogens is 2. The van der Waals surface area contributed by atoms with Crippen LogP contribution in [-0.2, 0) is 0 Å². The Hall–Kier alpha value is -1.57. The fraction of sp³-hybridized carbons (Fsp3) is 0. The Bertz CT molecular complexity index is 328. The van der Waals surface area contributed by atoms with E-state index in [0.29, 0.717) is 0 Å². The number of H-pyrrole nitrogens is 1. The number of hydrogen-bond acceptors (Lipinski definition) is 1. The van der Waals surface area contributed by atoms with E-state index in [-0.39, 0.29) is 0 Å². The summed E-state index contributed by atoms with van der Waals surface area (Å²) in [5.41, 5.74) is 0. The minimum atomic E-state index is 0.719. The minimum absolute atomic E-state index is 0.719. The molecule has 0 fully saturated rings. The molecule has 1 heterocycles. The highest BCUT2D eigenvalue weighted by Crippen LogP contribution is 1.64. The van der Waals surface area contributed by atoms with Crippen molar-refractivity contribution in [1.82, 2.24) is 9.97 Å². The molecule has 1 aromatic rings. The van der Waals surface area contributed by atoms with Gasteiger partial charge < -0.3 is 4.98 Å². The van der Waals surface area contributed by atoms with Crippen molar-refractivity contribution in [1.29, 1.82) is 0 Å². The monoisotopic (exact) mass is 146 g/mol. The van der Waals surface area contributed by atoms with Crippen LogP contribution in [0.1, 0.15) is 0 Å². The highest BCUT2D eigenvalue weighted by molar-refractivity contribution is 5.00. The molecule has 56 valence electrons. The smallest absolute Gasteiger partial charge is 0.0929 e. The molecule has 1 aromatic heterocycles. The lowest BCUT2D eigenvalue weighted by molar-refractivity contribution is 1.15. The van der Waals surface area contributed by atoms with E-state index >= 15 is 0 Å². The number of hydrogen-bond donors (Lipinski definition) is 1. The van der Waals surface area contributed by atoms with Gasteiger partial charge in [0.15, 0.2) is 0 Å². The molecule has 0 saturated carbocycles. The Morgan fingerprint density at radius 1 is 1.18 bits per heavy atom. The van der Waals surface area contributed by atoms with Crippen LogP contribution in [0, 0.1) is 0 Å². The molecule has 0 amide bonds. The number of rotatable bonds is 0. The lowest BCUT2D eigenvalue weighted by Gasteiger charge is -1.72. The quantitative estimate of drug-likeness (QED) is 0.562. The summed E-state index contributed by atoms with van der Waals surface area (Å²) in [7, 11) is 0. The van der Waals surface area contributed by atoms with Crippen molar-refractivity contribution in [2.75, 3.05) is 0 Å². The third-order valence-electron chi connectivity index (χ3n) is 1.18. The number of nitrogens with one attached hydrogen (secondary N) is 1.